The van der Waals surface area contributed by atoms with Gasteiger partial charge in [-0.1, -0.05) is 6.07 Å². The first-order chi connectivity index (χ1) is 10.6. The van der Waals surface area contributed by atoms with Gasteiger partial charge in [-0.15, -0.1) is 0 Å². The Bertz CT molecular complexity index is 507. The van der Waals surface area contributed by atoms with E-state index in [1.165, 1.54) is 5.56 Å². The third-order valence-corrected chi connectivity index (χ3v) is 4.04. The Balaban J connectivity index is 1.97. The normalized spacial score (nSPS) is 18.9. The van der Waals surface area contributed by atoms with Crippen molar-refractivity contribution in [2.45, 2.75) is 18.9 Å². The smallest absolute Gasteiger partial charge is 0.219 e. The van der Waals surface area contributed by atoms with Crippen LogP contribution in [-0.4, -0.2) is 57.2 Å². The van der Waals surface area contributed by atoms with Gasteiger partial charge in [-0.2, -0.15) is 0 Å². The molecule has 3 N–H and O–H groups in total. The minimum atomic E-state index is -0.246. The number of ether oxygens (including phenoxy) is 2. The topological polar surface area (TPSA) is 76.8 Å². The molecule has 1 aliphatic rings. The molecule has 22 heavy (non-hydrogen) atoms. The van der Waals surface area contributed by atoms with Gasteiger partial charge in [-0.05, 0) is 24.1 Å². The van der Waals surface area contributed by atoms with Crippen molar-refractivity contribution in [2.75, 3.05) is 40.4 Å². The molecule has 1 fully saturated rings. The largest absolute Gasteiger partial charge is 0.493 e. The van der Waals surface area contributed by atoms with Crippen molar-refractivity contribution in [1.82, 2.24) is 10.2 Å². The van der Waals surface area contributed by atoms with Gasteiger partial charge in [0.15, 0.2) is 11.5 Å². The number of rotatable bonds is 7. The van der Waals surface area contributed by atoms with Crippen LogP contribution in [-0.2, 0) is 11.2 Å². The summed E-state index contributed by atoms with van der Waals surface area (Å²) in [6.07, 6.45) is 1.30. The molecular formula is C16H25N3O3. The highest BCUT2D eigenvalue weighted by molar-refractivity contribution is 5.74. The molecule has 1 aliphatic heterocycles. The molecule has 1 heterocycles. The number of nitrogens with two attached hydrogens (primary N) is 1. The molecule has 0 spiro atoms. The minimum absolute atomic E-state index is 0.186. The van der Waals surface area contributed by atoms with E-state index >= 15 is 0 Å². The van der Waals surface area contributed by atoms with Gasteiger partial charge in [0.25, 0.3) is 0 Å². The number of methoxy groups -OCH3 is 2. The molecule has 0 radical (unpaired) electrons. The predicted octanol–water partition coefficient (Wildman–Crippen LogP) is 0.396. The Morgan fingerprint density at radius 1 is 1.36 bits per heavy atom. The summed E-state index contributed by atoms with van der Waals surface area (Å²) in [6.45, 7) is 3.59. The number of carbonyl (C=O) groups is 1. The minimum Gasteiger partial charge on any atom is -0.493 e. The van der Waals surface area contributed by atoms with Gasteiger partial charge in [-0.3, -0.25) is 9.69 Å². The lowest BCUT2D eigenvalue weighted by atomic mass is 10.1. The summed E-state index contributed by atoms with van der Waals surface area (Å²) in [4.78, 5) is 13.5. The maximum absolute atomic E-state index is 11.2. The highest BCUT2D eigenvalue weighted by Gasteiger charge is 2.23. The van der Waals surface area contributed by atoms with Crippen LogP contribution in [0.3, 0.4) is 0 Å². The zero-order chi connectivity index (χ0) is 15.9. The quantitative estimate of drug-likeness (QED) is 0.762. The average Bonchev–Trinajstić information content (AvgIpc) is 2.53. The number of hydrogen-bond acceptors (Lipinski definition) is 5. The summed E-state index contributed by atoms with van der Waals surface area (Å²) in [5, 5.41) is 3.32. The number of nitrogens with zero attached hydrogens (tertiary/aromatic N) is 1. The van der Waals surface area contributed by atoms with Gasteiger partial charge in [0.05, 0.1) is 14.2 Å². The molecule has 2 rings (SSSR count). The van der Waals surface area contributed by atoms with Crippen LogP contribution in [0.15, 0.2) is 18.2 Å². The molecular weight excluding hydrogens is 282 g/mol. The molecule has 1 aromatic rings. The summed E-state index contributed by atoms with van der Waals surface area (Å²) in [6, 6.07) is 6.16. The van der Waals surface area contributed by atoms with Gasteiger partial charge >= 0.3 is 0 Å². The van der Waals surface area contributed by atoms with E-state index in [0.29, 0.717) is 6.42 Å². The number of amides is 1. The molecule has 1 aromatic carbocycles. The second kappa shape index (κ2) is 8.00. The van der Waals surface area contributed by atoms with E-state index in [1.54, 1.807) is 14.2 Å². The Morgan fingerprint density at radius 2 is 2.14 bits per heavy atom. The lowest BCUT2D eigenvalue weighted by Gasteiger charge is -2.35. The van der Waals surface area contributed by atoms with Gasteiger partial charge in [0.1, 0.15) is 0 Å². The van der Waals surface area contributed by atoms with Crippen LogP contribution in [0.25, 0.3) is 0 Å². The van der Waals surface area contributed by atoms with E-state index in [-0.39, 0.29) is 11.9 Å². The molecule has 1 saturated heterocycles. The summed E-state index contributed by atoms with van der Waals surface area (Å²) in [5.41, 5.74) is 6.53. The Labute approximate surface area is 131 Å². The highest BCUT2D eigenvalue weighted by Crippen LogP contribution is 2.27. The van der Waals surface area contributed by atoms with E-state index in [2.05, 4.69) is 10.2 Å². The van der Waals surface area contributed by atoms with Gasteiger partial charge < -0.3 is 20.5 Å². The fourth-order valence-electron chi connectivity index (χ4n) is 2.84. The van der Waals surface area contributed by atoms with E-state index in [4.69, 9.17) is 15.2 Å². The van der Waals surface area contributed by atoms with Crippen molar-refractivity contribution in [3.05, 3.63) is 23.8 Å². The fourth-order valence-corrected chi connectivity index (χ4v) is 2.84. The van der Waals surface area contributed by atoms with Crippen molar-refractivity contribution >= 4 is 5.91 Å². The number of nitrogens with one attached hydrogen (secondary N) is 1. The molecule has 0 aliphatic carbocycles. The summed E-state index contributed by atoms with van der Waals surface area (Å²) in [7, 11) is 3.27. The van der Waals surface area contributed by atoms with Gasteiger partial charge in [-0.25, -0.2) is 0 Å². The van der Waals surface area contributed by atoms with Crippen molar-refractivity contribution in [1.29, 1.82) is 0 Å². The predicted molar refractivity (Wildman–Crippen MR) is 85.3 cm³/mol. The lowest BCUT2D eigenvalue weighted by molar-refractivity contribution is -0.119. The SMILES string of the molecule is COc1ccc(CCN2CCNCC2CC(N)=O)cc1OC. The van der Waals surface area contributed by atoms with Crippen molar-refractivity contribution in [3.63, 3.8) is 0 Å². The Morgan fingerprint density at radius 3 is 2.82 bits per heavy atom. The third kappa shape index (κ3) is 4.35. The first-order valence-corrected chi connectivity index (χ1v) is 7.58. The van der Waals surface area contributed by atoms with Crippen LogP contribution >= 0.6 is 0 Å². The lowest BCUT2D eigenvalue weighted by Crippen LogP contribution is -2.53. The molecule has 122 valence electrons. The number of piperazine rings is 1. The van der Waals surface area contributed by atoms with Crippen molar-refractivity contribution in [2.24, 2.45) is 5.73 Å². The average molecular weight is 307 g/mol. The van der Waals surface area contributed by atoms with Crippen LogP contribution in [0, 0.1) is 0 Å². The Hall–Kier alpha value is -1.79. The monoisotopic (exact) mass is 307 g/mol. The maximum Gasteiger partial charge on any atom is 0.219 e. The Kier molecular flexibility index (Phi) is 6.03. The van der Waals surface area contributed by atoms with Crippen LogP contribution in [0.5, 0.6) is 11.5 Å². The molecule has 1 amide bonds. The number of carbonyl (C=O) groups excluding carboxylic acids is 1. The highest BCUT2D eigenvalue weighted by atomic mass is 16.5. The third-order valence-electron chi connectivity index (χ3n) is 4.04. The molecule has 1 atom stereocenters. The first kappa shape index (κ1) is 16.6. The molecule has 0 bridgehead atoms. The van der Waals surface area contributed by atoms with Crippen LogP contribution in [0.4, 0.5) is 0 Å². The maximum atomic E-state index is 11.2. The van der Waals surface area contributed by atoms with Gasteiger partial charge in [0, 0.05) is 38.6 Å². The second-order valence-electron chi connectivity index (χ2n) is 5.50. The zero-order valence-electron chi connectivity index (χ0n) is 13.3. The van der Waals surface area contributed by atoms with Crippen molar-refractivity contribution in [3.8, 4) is 11.5 Å². The summed E-state index contributed by atoms with van der Waals surface area (Å²) >= 11 is 0. The second-order valence-corrected chi connectivity index (χ2v) is 5.50. The van der Waals surface area contributed by atoms with E-state index in [0.717, 1.165) is 44.1 Å². The molecule has 0 saturated carbocycles. The van der Waals surface area contributed by atoms with Crippen LogP contribution in [0.2, 0.25) is 0 Å². The molecule has 0 aromatic heterocycles. The number of hydrogen-bond donors (Lipinski definition) is 2. The summed E-state index contributed by atoms with van der Waals surface area (Å²) < 4.78 is 10.6. The molecule has 1 unspecified atom stereocenters. The number of benzene rings is 1. The van der Waals surface area contributed by atoms with E-state index < -0.39 is 0 Å². The van der Waals surface area contributed by atoms with E-state index in [1.807, 2.05) is 18.2 Å². The molecule has 6 heteroatoms. The first-order valence-electron chi connectivity index (χ1n) is 7.58. The standard InChI is InChI=1S/C16H25N3O3/c1-21-14-4-3-12(9-15(14)22-2)5-7-19-8-6-18-11-13(19)10-16(17)20/h3-4,9,13,18H,5-8,10-11H2,1-2H3,(H2,17,20). The van der Waals surface area contributed by atoms with E-state index in [9.17, 15) is 4.79 Å². The summed E-state index contributed by atoms with van der Waals surface area (Å²) in [5.74, 6) is 1.24. The van der Waals surface area contributed by atoms with Crippen molar-refractivity contribution < 1.29 is 14.3 Å². The molecule has 6 nitrogen and oxygen atoms in total. The van der Waals surface area contributed by atoms with Crippen LogP contribution < -0.4 is 20.5 Å². The van der Waals surface area contributed by atoms with Crippen LogP contribution in [0.1, 0.15) is 12.0 Å². The fraction of sp³-hybridized carbons (Fsp3) is 0.562. The zero-order valence-corrected chi connectivity index (χ0v) is 13.3. The number of primary amides is 1. The van der Waals surface area contributed by atoms with Gasteiger partial charge in [0.2, 0.25) is 5.91 Å².